The predicted octanol–water partition coefficient (Wildman–Crippen LogP) is 7.37. The van der Waals surface area contributed by atoms with Crippen molar-refractivity contribution < 1.29 is 4.79 Å². The van der Waals surface area contributed by atoms with Gasteiger partial charge in [0.25, 0.3) is 0 Å². The Balaban J connectivity index is 1.12. The Morgan fingerprint density at radius 2 is 1.56 bits per heavy atom. The van der Waals surface area contributed by atoms with Gasteiger partial charge in [-0.1, -0.05) is 48.5 Å². The molecule has 3 aromatic carbocycles. The Bertz CT molecular complexity index is 2020. The molecule has 0 aliphatic carbocycles. The summed E-state index contributed by atoms with van der Waals surface area (Å²) < 4.78 is 2.03. The van der Waals surface area contributed by atoms with Gasteiger partial charge in [-0.05, 0) is 100 Å². The fourth-order valence-corrected chi connectivity index (χ4v) is 6.28. The van der Waals surface area contributed by atoms with Gasteiger partial charge in [-0.3, -0.25) is 9.30 Å². The first-order valence-electron chi connectivity index (χ1n) is 16.3. The van der Waals surface area contributed by atoms with Crippen LogP contribution in [0.5, 0.6) is 0 Å². The molecule has 1 saturated heterocycles. The van der Waals surface area contributed by atoms with E-state index in [4.69, 9.17) is 9.97 Å². The van der Waals surface area contributed by atoms with E-state index >= 15 is 0 Å². The highest BCUT2D eigenvalue weighted by Crippen LogP contribution is 2.33. The van der Waals surface area contributed by atoms with Gasteiger partial charge in [-0.15, -0.1) is 0 Å². The molecule has 10 heteroatoms. The average Bonchev–Trinajstić information content (AvgIpc) is 3.49. The maximum absolute atomic E-state index is 12.7. The fraction of sp³-hybridized carbons (Fsp3) is 0.211. The number of benzene rings is 3. The molecule has 2 amide bonds. The highest BCUT2D eigenvalue weighted by Gasteiger charge is 2.21. The molecular weight excluding hydrogens is 598 g/mol. The zero-order valence-electron chi connectivity index (χ0n) is 27.2. The van der Waals surface area contributed by atoms with Crippen LogP contribution in [0.2, 0.25) is 0 Å². The van der Waals surface area contributed by atoms with Gasteiger partial charge in [0.15, 0.2) is 0 Å². The molecule has 0 saturated carbocycles. The van der Waals surface area contributed by atoms with Crippen molar-refractivity contribution in [2.75, 3.05) is 43.1 Å². The Hall–Kier alpha value is -5.58. The lowest BCUT2D eigenvalue weighted by Crippen LogP contribution is -2.41. The van der Waals surface area contributed by atoms with E-state index in [1.54, 1.807) is 6.20 Å². The Kier molecular flexibility index (Phi) is 9.08. The predicted molar refractivity (Wildman–Crippen MR) is 192 cm³/mol. The number of pyridine rings is 1. The molecule has 1 fully saturated rings. The first-order chi connectivity index (χ1) is 23.5. The first kappa shape index (κ1) is 31.0. The molecule has 4 heterocycles. The summed E-state index contributed by atoms with van der Waals surface area (Å²) in [6.07, 6.45) is 6.14. The smallest absolute Gasteiger partial charge is 0.323 e. The number of nitrogens with one attached hydrogen (secondary N) is 3. The number of hydrogen-bond donors (Lipinski definition) is 3. The van der Waals surface area contributed by atoms with Crippen molar-refractivity contribution in [2.45, 2.75) is 25.4 Å². The number of fused-ring (bicyclic) bond motifs is 1. The van der Waals surface area contributed by atoms with Crippen LogP contribution < -0.4 is 16.0 Å². The van der Waals surface area contributed by atoms with Gasteiger partial charge in [0.2, 0.25) is 5.95 Å². The van der Waals surface area contributed by atoms with Crippen molar-refractivity contribution in [3.63, 3.8) is 0 Å². The number of piperidine rings is 1. The standard InChI is InChI=1S/C38H39N9O/c1-45(2)32-18-22-46(23-19-32)26-27-10-8-14-30(24-27)40-37-39-20-17-33(43-37)36-35(44-34-16-6-7-21-47(34)36)28-11-9-15-31(25-28)42-38(48)41-29-12-4-3-5-13-29/h3-17,20-21,24-25,32H,18-19,22-23,26H2,1-2H3,(H,39,40,43)(H2,41,42,48). The summed E-state index contributed by atoms with van der Waals surface area (Å²) in [7, 11) is 4.35. The zero-order chi connectivity index (χ0) is 32.9. The number of anilines is 4. The van der Waals surface area contributed by atoms with E-state index in [9.17, 15) is 4.79 Å². The topological polar surface area (TPSA) is 103 Å². The molecule has 3 aromatic heterocycles. The number of imidazole rings is 1. The number of para-hydroxylation sites is 1. The van der Waals surface area contributed by atoms with Crippen LogP contribution >= 0.6 is 0 Å². The van der Waals surface area contributed by atoms with Crippen LogP contribution in [0.15, 0.2) is 116 Å². The third kappa shape index (κ3) is 7.20. The van der Waals surface area contributed by atoms with Crippen molar-refractivity contribution >= 4 is 34.7 Å². The van der Waals surface area contributed by atoms with Crippen LogP contribution in [0.25, 0.3) is 28.3 Å². The number of urea groups is 1. The summed E-state index contributed by atoms with van der Waals surface area (Å²) in [5.74, 6) is 0.501. The Morgan fingerprint density at radius 3 is 2.40 bits per heavy atom. The first-order valence-corrected chi connectivity index (χ1v) is 16.3. The molecule has 3 N–H and O–H groups in total. The average molecular weight is 638 g/mol. The van der Waals surface area contributed by atoms with E-state index in [1.807, 2.05) is 95.5 Å². The highest BCUT2D eigenvalue weighted by atomic mass is 16.2. The third-order valence-corrected chi connectivity index (χ3v) is 8.73. The molecule has 10 nitrogen and oxygen atoms in total. The molecule has 0 bridgehead atoms. The summed E-state index contributed by atoms with van der Waals surface area (Å²) in [6.45, 7) is 3.13. The van der Waals surface area contributed by atoms with E-state index in [0.717, 1.165) is 53.6 Å². The lowest BCUT2D eigenvalue weighted by atomic mass is 10.0. The molecule has 1 aliphatic heterocycles. The number of rotatable bonds is 9. The molecule has 1 aliphatic rings. The molecule has 48 heavy (non-hydrogen) atoms. The molecule has 7 rings (SSSR count). The van der Waals surface area contributed by atoms with E-state index in [-0.39, 0.29) is 6.03 Å². The minimum absolute atomic E-state index is 0.321. The van der Waals surface area contributed by atoms with Gasteiger partial charge in [-0.25, -0.2) is 19.7 Å². The monoisotopic (exact) mass is 637 g/mol. The van der Waals surface area contributed by atoms with Crippen molar-refractivity contribution in [2.24, 2.45) is 0 Å². The molecular formula is C38H39N9O. The molecule has 6 aromatic rings. The van der Waals surface area contributed by atoms with Crippen LogP contribution in [-0.4, -0.2) is 68.4 Å². The van der Waals surface area contributed by atoms with Crippen LogP contribution in [0.4, 0.5) is 27.8 Å². The second-order valence-electron chi connectivity index (χ2n) is 12.3. The molecule has 0 radical (unpaired) electrons. The number of likely N-dealkylation sites (tertiary alicyclic amines) is 1. The summed E-state index contributed by atoms with van der Waals surface area (Å²) in [5.41, 5.74) is 7.51. The summed E-state index contributed by atoms with van der Waals surface area (Å²) in [6, 6.07) is 33.7. The minimum Gasteiger partial charge on any atom is -0.324 e. The number of hydrogen-bond acceptors (Lipinski definition) is 7. The zero-order valence-corrected chi connectivity index (χ0v) is 27.2. The minimum atomic E-state index is -0.321. The Morgan fingerprint density at radius 1 is 0.812 bits per heavy atom. The lowest BCUT2D eigenvalue weighted by Gasteiger charge is -2.35. The van der Waals surface area contributed by atoms with Crippen molar-refractivity contribution in [1.29, 1.82) is 0 Å². The van der Waals surface area contributed by atoms with Crippen LogP contribution in [0.1, 0.15) is 18.4 Å². The van der Waals surface area contributed by atoms with Crippen molar-refractivity contribution in [3.8, 4) is 22.6 Å². The van der Waals surface area contributed by atoms with Crippen molar-refractivity contribution in [1.82, 2.24) is 29.2 Å². The second kappa shape index (κ2) is 14.0. The normalized spacial score (nSPS) is 13.9. The third-order valence-electron chi connectivity index (χ3n) is 8.73. The SMILES string of the molecule is CN(C)C1CCN(Cc2cccc(Nc3nccc(-c4c(-c5cccc(NC(=O)Nc6ccccc6)c5)nc5ccccn45)n3)c2)CC1. The van der Waals surface area contributed by atoms with Crippen LogP contribution in [0, 0.1) is 0 Å². The largest absolute Gasteiger partial charge is 0.324 e. The molecule has 242 valence electrons. The van der Waals surface area contributed by atoms with E-state index in [2.05, 4.69) is 63.0 Å². The molecule has 0 atom stereocenters. The van der Waals surface area contributed by atoms with E-state index < -0.39 is 0 Å². The maximum atomic E-state index is 12.7. The summed E-state index contributed by atoms with van der Waals surface area (Å²) >= 11 is 0. The van der Waals surface area contributed by atoms with E-state index in [0.29, 0.717) is 23.4 Å². The van der Waals surface area contributed by atoms with Gasteiger partial charge in [0.1, 0.15) is 5.65 Å². The van der Waals surface area contributed by atoms with E-state index in [1.165, 1.54) is 18.4 Å². The Labute approximate surface area is 280 Å². The summed E-state index contributed by atoms with van der Waals surface area (Å²) in [5, 5.41) is 9.24. The number of nitrogens with zero attached hydrogens (tertiary/aromatic N) is 6. The number of amides is 2. The van der Waals surface area contributed by atoms with Gasteiger partial charge in [-0.2, -0.15) is 0 Å². The molecule has 0 unspecified atom stereocenters. The van der Waals surface area contributed by atoms with Gasteiger partial charge >= 0.3 is 6.03 Å². The number of carbonyl (C=O) groups is 1. The van der Waals surface area contributed by atoms with Gasteiger partial charge in [0, 0.05) is 47.6 Å². The fourth-order valence-electron chi connectivity index (χ4n) is 6.28. The van der Waals surface area contributed by atoms with Crippen LogP contribution in [-0.2, 0) is 6.54 Å². The maximum Gasteiger partial charge on any atom is 0.323 e. The quantitative estimate of drug-likeness (QED) is 0.152. The summed E-state index contributed by atoms with van der Waals surface area (Å²) in [4.78, 5) is 32.1. The number of aromatic nitrogens is 4. The van der Waals surface area contributed by atoms with Gasteiger partial charge in [0.05, 0.1) is 17.1 Å². The van der Waals surface area contributed by atoms with Crippen molar-refractivity contribution in [3.05, 3.63) is 121 Å². The molecule has 0 spiro atoms. The number of carbonyl (C=O) groups excluding carboxylic acids is 1. The van der Waals surface area contributed by atoms with Crippen LogP contribution in [0.3, 0.4) is 0 Å². The van der Waals surface area contributed by atoms with Gasteiger partial charge < -0.3 is 20.9 Å². The highest BCUT2D eigenvalue weighted by molar-refractivity contribution is 6.00. The second-order valence-corrected chi connectivity index (χ2v) is 12.3. The lowest BCUT2D eigenvalue weighted by molar-refractivity contribution is 0.140.